The topological polar surface area (TPSA) is 102 Å². The Bertz CT molecular complexity index is 416. The number of amides is 3. The molecule has 0 unspecified atom stereocenters. The molecule has 0 aliphatic rings. The summed E-state index contributed by atoms with van der Waals surface area (Å²) in [6.45, 7) is 11.5. The molecule has 0 fully saturated rings. The average Bonchev–Trinajstić information content (AvgIpc) is 2.31. The number of hydrogen-bond acceptors (Lipinski definition) is 4. The fourth-order valence-electron chi connectivity index (χ4n) is 1.96. The molecule has 0 radical (unpaired) electrons. The molecule has 0 aromatic carbocycles. The van der Waals surface area contributed by atoms with Gasteiger partial charge in [-0.05, 0) is 40.0 Å². The first-order chi connectivity index (χ1) is 10.4. The van der Waals surface area contributed by atoms with Crippen LogP contribution in [0.1, 0.15) is 54.4 Å². The number of nitrogens with two attached hydrogens (primary N) is 1. The summed E-state index contributed by atoms with van der Waals surface area (Å²) < 4.78 is 5.16. The number of nitrogens with zero attached hydrogens (tertiary/aromatic N) is 1. The van der Waals surface area contributed by atoms with Crippen molar-refractivity contribution in [3.05, 3.63) is 0 Å². The van der Waals surface area contributed by atoms with E-state index in [4.69, 9.17) is 10.5 Å². The third-order valence-electron chi connectivity index (χ3n) is 2.84. The van der Waals surface area contributed by atoms with E-state index in [9.17, 15) is 14.4 Å². The zero-order valence-corrected chi connectivity index (χ0v) is 15.1. The molecule has 23 heavy (non-hydrogen) atoms. The summed E-state index contributed by atoms with van der Waals surface area (Å²) in [6, 6.07) is -0.205. The molecule has 3 amide bonds. The van der Waals surface area contributed by atoms with Crippen LogP contribution < -0.4 is 11.1 Å². The second-order valence-corrected chi connectivity index (χ2v) is 7.22. The minimum Gasteiger partial charge on any atom is -0.444 e. The smallest absolute Gasteiger partial charge is 0.407 e. The molecule has 0 aromatic rings. The van der Waals surface area contributed by atoms with Gasteiger partial charge in [0.25, 0.3) is 0 Å². The SMILES string of the molecule is CC(C)CN(CC(N)=O)C(=O)CC[C@@H](C)NC(=O)OC(C)(C)C. The Morgan fingerprint density at radius 1 is 1.17 bits per heavy atom. The fraction of sp³-hybridized carbons (Fsp3) is 0.812. The quantitative estimate of drug-likeness (QED) is 0.707. The molecule has 0 aromatic heterocycles. The van der Waals surface area contributed by atoms with Crippen molar-refractivity contribution >= 4 is 17.9 Å². The number of rotatable bonds is 8. The molecule has 0 spiro atoms. The number of hydrogen-bond donors (Lipinski definition) is 2. The van der Waals surface area contributed by atoms with Crippen molar-refractivity contribution in [1.29, 1.82) is 0 Å². The van der Waals surface area contributed by atoms with Gasteiger partial charge in [0.05, 0.1) is 6.54 Å². The van der Waals surface area contributed by atoms with E-state index < -0.39 is 17.6 Å². The van der Waals surface area contributed by atoms with E-state index in [0.29, 0.717) is 13.0 Å². The average molecular weight is 329 g/mol. The summed E-state index contributed by atoms with van der Waals surface area (Å²) in [6.07, 6.45) is 0.191. The highest BCUT2D eigenvalue weighted by atomic mass is 16.6. The third kappa shape index (κ3) is 11.4. The maximum Gasteiger partial charge on any atom is 0.407 e. The van der Waals surface area contributed by atoms with Crippen LogP contribution >= 0.6 is 0 Å². The molecule has 0 bridgehead atoms. The molecule has 134 valence electrons. The highest BCUT2D eigenvalue weighted by molar-refractivity contribution is 5.83. The van der Waals surface area contributed by atoms with Crippen LogP contribution in [0.5, 0.6) is 0 Å². The number of nitrogens with one attached hydrogen (secondary N) is 1. The highest BCUT2D eigenvalue weighted by Gasteiger charge is 2.20. The summed E-state index contributed by atoms with van der Waals surface area (Å²) in [5, 5.41) is 2.69. The Kier molecular flexibility index (Phi) is 8.64. The van der Waals surface area contributed by atoms with Crippen LogP contribution in [0.2, 0.25) is 0 Å². The van der Waals surface area contributed by atoms with E-state index in [-0.39, 0.29) is 30.8 Å². The van der Waals surface area contributed by atoms with Crippen LogP contribution in [0, 0.1) is 5.92 Å². The molecule has 7 heteroatoms. The van der Waals surface area contributed by atoms with Crippen molar-refractivity contribution in [3.8, 4) is 0 Å². The monoisotopic (exact) mass is 329 g/mol. The summed E-state index contributed by atoms with van der Waals surface area (Å²) in [7, 11) is 0. The Morgan fingerprint density at radius 3 is 2.17 bits per heavy atom. The zero-order chi connectivity index (χ0) is 18.2. The Balaban J connectivity index is 4.37. The first-order valence-corrected chi connectivity index (χ1v) is 7.96. The number of alkyl carbamates (subject to hydrolysis) is 1. The van der Waals surface area contributed by atoms with Gasteiger partial charge in [0.1, 0.15) is 5.60 Å². The van der Waals surface area contributed by atoms with Crippen molar-refractivity contribution < 1.29 is 19.1 Å². The maximum atomic E-state index is 12.2. The predicted molar refractivity (Wildman–Crippen MR) is 88.7 cm³/mol. The number of ether oxygens (including phenoxy) is 1. The molecule has 7 nitrogen and oxygen atoms in total. The van der Waals surface area contributed by atoms with Gasteiger partial charge in [-0.25, -0.2) is 4.79 Å². The lowest BCUT2D eigenvalue weighted by Gasteiger charge is -2.24. The van der Waals surface area contributed by atoms with Crippen molar-refractivity contribution in [2.24, 2.45) is 11.7 Å². The molecule has 1 atom stereocenters. The lowest BCUT2D eigenvalue weighted by Crippen LogP contribution is -2.42. The van der Waals surface area contributed by atoms with Gasteiger partial charge in [0.15, 0.2) is 0 Å². The van der Waals surface area contributed by atoms with Gasteiger partial charge in [0, 0.05) is 19.0 Å². The molecule has 3 N–H and O–H groups in total. The Labute approximate surface area is 138 Å². The van der Waals surface area contributed by atoms with Crippen LogP contribution in [0.4, 0.5) is 4.79 Å². The molecule has 0 saturated heterocycles. The van der Waals surface area contributed by atoms with E-state index in [1.165, 1.54) is 4.90 Å². The Morgan fingerprint density at radius 2 is 1.74 bits per heavy atom. The Hall–Kier alpha value is -1.79. The lowest BCUT2D eigenvalue weighted by atomic mass is 10.1. The third-order valence-corrected chi connectivity index (χ3v) is 2.84. The van der Waals surface area contributed by atoms with Crippen molar-refractivity contribution in [2.45, 2.75) is 66.0 Å². The van der Waals surface area contributed by atoms with Gasteiger partial charge in [-0.2, -0.15) is 0 Å². The van der Waals surface area contributed by atoms with E-state index in [1.54, 1.807) is 27.7 Å². The number of carbonyl (C=O) groups is 3. The molecule has 0 saturated carbocycles. The number of primary amides is 1. The first-order valence-electron chi connectivity index (χ1n) is 7.96. The van der Waals surface area contributed by atoms with E-state index in [0.717, 1.165) is 0 Å². The molecule has 0 heterocycles. The van der Waals surface area contributed by atoms with Crippen LogP contribution in [0.25, 0.3) is 0 Å². The van der Waals surface area contributed by atoms with E-state index >= 15 is 0 Å². The van der Waals surface area contributed by atoms with Gasteiger partial charge in [-0.15, -0.1) is 0 Å². The molecular formula is C16H31N3O4. The minimum absolute atomic E-state index is 0.0785. The van der Waals surface area contributed by atoms with Crippen LogP contribution in [-0.2, 0) is 14.3 Å². The van der Waals surface area contributed by atoms with Crippen molar-refractivity contribution in [3.63, 3.8) is 0 Å². The standard InChI is InChI=1S/C16H31N3O4/c1-11(2)9-19(10-13(17)20)14(21)8-7-12(3)18-15(22)23-16(4,5)6/h11-12H,7-10H2,1-6H3,(H2,17,20)(H,18,22)/t12-/m1/s1. The number of carbonyl (C=O) groups excluding carboxylic acids is 3. The normalized spacial score (nSPS) is 12.7. The van der Waals surface area contributed by atoms with Crippen LogP contribution in [-0.4, -0.2) is 47.5 Å². The van der Waals surface area contributed by atoms with Gasteiger partial charge in [-0.3, -0.25) is 9.59 Å². The molecule has 0 aliphatic heterocycles. The highest BCUT2D eigenvalue weighted by Crippen LogP contribution is 2.08. The van der Waals surface area contributed by atoms with Gasteiger partial charge in [0.2, 0.25) is 11.8 Å². The summed E-state index contributed by atoms with van der Waals surface area (Å²) in [4.78, 5) is 36.4. The fourth-order valence-corrected chi connectivity index (χ4v) is 1.96. The van der Waals surface area contributed by atoms with E-state index in [1.807, 2.05) is 13.8 Å². The largest absolute Gasteiger partial charge is 0.444 e. The van der Waals surface area contributed by atoms with Gasteiger partial charge in [-0.1, -0.05) is 13.8 Å². The predicted octanol–water partition coefficient (Wildman–Crippen LogP) is 1.65. The second kappa shape index (κ2) is 9.37. The molecular weight excluding hydrogens is 298 g/mol. The van der Waals surface area contributed by atoms with Crippen molar-refractivity contribution in [1.82, 2.24) is 10.2 Å². The lowest BCUT2D eigenvalue weighted by molar-refractivity contribution is -0.135. The first kappa shape index (κ1) is 21.2. The molecule has 0 rings (SSSR count). The van der Waals surface area contributed by atoms with Gasteiger partial charge < -0.3 is 20.7 Å². The van der Waals surface area contributed by atoms with E-state index in [2.05, 4.69) is 5.32 Å². The van der Waals surface area contributed by atoms with Gasteiger partial charge >= 0.3 is 6.09 Å². The van der Waals surface area contributed by atoms with Crippen LogP contribution in [0.3, 0.4) is 0 Å². The van der Waals surface area contributed by atoms with Crippen molar-refractivity contribution in [2.75, 3.05) is 13.1 Å². The summed E-state index contributed by atoms with van der Waals surface area (Å²) in [5.41, 5.74) is 4.62. The molecule has 0 aliphatic carbocycles. The zero-order valence-electron chi connectivity index (χ0n) is 15.1. The minimum atomic E-state index is -0.560. The maximum absolute atomic E-state index is 12.2. The second-order valence-electron chi connectivity index (χ2n) is 7.22. The summed E-state index contributed by atoms with van der Waals surface area (Å²) >= 11 is 0. The summed E-state index contributed by atoms with van der Waals surface area (Å²) in [5.74, 6) is -0.426. The van der Waals surface area contributed by atoms with Crippen LogP contribution in [0.15, 0.2) is 0 Å².